The van der Waals surface area contributed by atoms with Crippen LogP contribution in [0.2, 0.25) is 0 Å². The molecule has 6 aromatic carbocycles. The van der Waals surface area contributed by atoms with Crippen molar-refractivity contribution < 1.29 is 17.4 Å². The van der Waals surface area contributed by atoms with E-state index in [4.69, 9.17) is 22.3 Å². The number of nitrogens with zero attached hydrogens (tertiary/aromatic N) is 3. The van der Waals surface area contributed by atoms with E-state index in [1.807, 2.05) is 19.1 Å². The summed E-state index contributed by atoms with van der Waals surface area (Å²) in [7, 11) is 0. The van der Waals surface area contributed by atoms with E-state index in [2.05, 4.69) is 158 Å². The summed E-state index contributed by atoms with van der Waals surface area (Å²) < 4.78 is 76.1. The molecule has 0 aliphatic heterocycles. The lowest BCUT2D eigenvalue weighted by atomic mass is 9.81. The second-order valence-electron chi connectivity index (χ2n) is 20.0. The van der Waals surface area contributed by atoms with Crippen molar-refractivity contribution in [3.05, 3.63) is 167 Å². The molecule has 0 bridgehead atoms. The van der Waals surface area contributed by atoms with E-state index >= 15 is 0 Å². The predicted molar refractivity (Wildman–Crippen MR) is 272 cm³/mol. The van der Waals surface area contributed by atoms with Gasteiger partial charge in [-0.3, -0.25) is 9.55 Å². The van der Waals surface area contributed by atoms with Crippen LogP contribution in [-0.4, -0.2) is 19.6 Å². The first-order chi connectivity index (χ1) is 33.9. The number of hydrogen-bond acceptors (Lipinski definition) is 3. The van der Waals surface area contributed by atoms with Crippen molar-refractivity contribution in [3.8, 4) is 67.5 Å². The molecule has 1 N–H and O–H groups in total. The first kappa shape index (κ1) is 34.2. The molecule has 64 heavy (non-hydrogen) atoms. The molecular weight excluding hydrogens is 779 g/mol. The quantitative estimate of drug-likeness (QED) is 0.166. The Morgan fingerprint density at radius 2 is 1.20 bits per heavy atom. The first-order valence-corrected chi connectivity index (χ1v) is 22.2. The van der Waals surface area contributed by atoms with E-state index in [-0.39, 0.29) is 27.6 Å². The number of pyridine rings is 1. The van der Waals surface area contributed by atoms with E-state index in [1.165, 1.54) is 17.7 Å². The highest BCUT2D eigenvalue weighted by Gasteiger charge is 2.27. The van der Waals surface area contributed by atoms with E-state index < -0.39 is 26.0 Å². The monoisotopic (exact) mass is 853 g/mol. The van der Waals surface area contributed by atoms with Crippen LogP contribution in [0, 0.1) is 6.92 Å². The first-order valence-electron chi connectivity index (χ1n) is 26.7. The average molecular weight is 853 g/mol. The molecule has 0 fully saturated rings. The molecule has 0 saturated carbocycles. The standard InChI is InChI=1S/C60H65N3O/c1-14-60(12,13)45-27-28-52(49(36-45)40-19-16-15-17-20-40)63-53-22-18-21-48(54(53)62-56(63)50-37-46(58(6,7)8)31-38(2)55(50)64)42-32-43(34-47(33-42)59(9,10)11)51-35-41(29-30-61-51)39-23-25-44(26-24-39)57(3,4)5/h15-37,64H,14H2,1-13H3/i3D3,4D3,5D3. The fraction of sp³-hybridized carbons (Fsp3) is 0.300. The molecule has 0 spiro atoms. The number of aromatic hydroxyl groups is 1. The minimum atomic E-state index is -3.37. The minimum Gasteiger partial charge on any atom is -0.507 e. The summed E-state index contributed by atoms with van der Waals surface area (Å²) in [6.07, 6.45) is 2.64. The predicted octanol–water partition coefficient (Wildman–Crippen LogP) is 16.3. The van der Waals surface area contributed by atoms with Crippen molar-refractivity contribution in [2.45, 2.75) is 118 Å². The third kappa shape index (κ3) is 8.55. The zero-order valence-corrected chi connectivity index (χ0v) is 38.8. The van der Waals surface area contributed by atoms with Crippen molar-refractivity contribution in [3.63, 3.8) is 0 Å². The molecule has 0 radical (unpaired) electrons. The van der Waals surface area contributed by atoms with Gasteiger partial charge >= 0.3 is 0 Å². The average Bonchev–Trinajstić information content (AvgIpc) is 3.70. The van der Waals surface area contributed by atoms with Crippen molar-refractivity contribution in [2.75, 3.05) is 0 Å². The number of rotatable bonds is 8. The van der Waals surface area contributed by atoms with Gasteiger partial charge in [0, 0.05) is 35.2 Å². The Morgan fingerprint density at radius 3 is 1.88 bits per heavy atom. The molecule has 8 rings (SSSR count). The zero-order valence-electron chi connectivity index (χ0n) is 47.8. The molecule has 0 amide bonds. The zero-order chi connectivity index (χ0) is 53.4. The van der Waals surface area contributed by atoms with Gasteiger partial charge in [0.2, 0.25) is 0 Å². The maximum absolute atomic E-state index is 12.1. The van der Waals surface area contributed by atoms with Crippen LogP contribution >= 0.6 is 0 Å². The summed E-state index contributed by atoms with van der Waals surface area (Å²) in [5.74, 6) is 0.773. The summed E-state index contributed by atoms with van der Waals surface area (Å²) in [6.45, 7) is 11.6. The second-order valence-corrected chi connectivity index (χ2v) is 20.0. The summed E-state index contributed by atoms with van der Waals surface area (Å²) >= 11 is 0. The fourth-order valence-corrected chi connectivity index (χ4v) is 8.39. The highest BCUT2D eigenvalue weighted by molar-refractivity contribution is 5.98. The minimum absolute atomic E-state index is 0.0859. The van der Waals surface area contributed by atoms with Crippen LogP contribution in [0.4, 0.5) is 0 Å². The van der Waals surface area contributed by atoms with Crippen molar-refractivity contribution in [1.82, 2.24) is 14.5 Å². The summed E-state index contributed by atoms with van der Waals surface area (Å²) in [5.41, 5.74) is 9.93. The highest BCUT2D eigenvalue weighted by atomic mass is 16.3. The van der Waals surface area contributed by atoms with Crippen LogP contribution in [0.5, 0.6) is 5.75 Å². The Labute approximate surface area is 394 Å². The van der Waals surface area contributed by atoms with E-state index in [1.54, 1.807) is 24.4 Å². The number of benzene rings is 6. The lowest BCUT2D eigenvalue weighted by molar-refractivity contribution is 0.471. The third-order valence-corrected chi connectivity index (χ3v) is 12.9. The Hall–Kier alpha value is -6.26. The molecule has 0 unspecified atom stereocenters. The van der Waals surface area contributed by atoms with Gasteiger partial charge in [-0.05, 0) is 134 Å². The molecule has 326 valence electrons. The Kier molecular flexibility index (Phi) is 8.75. The topological polar surface area (TPSA) is 50.9 Å². The number of aromatic nitrogens is 3. The van der Waals surface area contributed by atoms with E-state index in [0.717, 1.165) is 67.6 Å². The molecule has 0 saturated heterocycles. The Bertz CT molecular complexity index is 3310. The molecule has 0 atom stereocenters. The number of hydrogen-bond donors (Lipinski definition) is 1. The highest BCUT2D eigenvalue weighted by Crippen LogP contribution is 2.44. The van der Waals surface area contributed by atoms with Crippen LogP contribution in [-0.2, 0) is 21.7 Å². The van der Waals surface area contributed by atoms with Gasteiger partial charge in [-0.15, -0.1) is 0 Å². The third-order valence-electron chi connectivity index (χ3n) is 12.9. The van der Waals surface area contributed by atoms with Gasteiger partial charge in [-0.2, -0.15) is 0 Å². The van der Waals surface area contributed by atoms with E-state index in [0.29, 0.717) is 28.2 Å². The van der Waals surface area contributed by atoms with Gasteiger partial charge in [0.25, 0.3) is 0 Å². The maximum atomic E-state index is 12.1. The van der Waals surface area contributed by atoms with Crippen LogP contribution in [0.1, 0.15) is 129 Å². The van der Waals surface area contributed by atoms with Gasteiger partial charge in [0.15, 0.2) is 0 Å². The summed E-state index contributed by atoms with van der Waals surface area (Å²) in [6, 6.07) is 43.4. The molecule has 4 nitrogen and oxygen atoms in total. The van der Waals surface area contributed by atoms with Crippen LogP contribution < -0.4 is 0 Å². The summed E-state index contributed by atoms with van der Waals surface area (Å²) in [4.78, 5) is 10.4. The lowest BCUT2D eigenvalue weighted by Crippen LogP contribution is -2.16. The van der Waals surface area contributed by atoms with Crippen LogP contribution in [0.15, 0.2) is 140 Å². The molecule has 2 heterocycles. The van der Waals surface area contributed by atoms with Crippen molar-refractivity contribution >= 4 is 11.0 Å². The Balaban J connectivity index is 1.36. The molecule has 8 aromatic rings. The number of phenolic OH excluding ortho intramolecular Hbond substituents is 1. The van der Waals surface area contributed by atoms with Crippen molar-refractivity contribution in [1.29, 1.82) is 0 Å². The SMILES string of the molecule is [2H]C([2H])([2H])C(c1ccc(-c2ccnc(-c3cc(-c4cccc5c4nc(-c4cc(C(C)(C)C)cc(C)c4O)n5-c4ccc(C(C)(C)CC)cc4-c4ccccc4)cc(C(C)(C)C)c3)c2)cc1)(C([2H])([2H])[2H])C([2H])([2H])[2H]. The molecular formula is C60H65N3O. The molecule has 0 aliphatic carbocycles. The van der Waals surface area contributed by atoms with Gasteiger partial charge < -0.3 is 5.11 Å². The number of phenols is 1. The maximum Gasteiger partial charge on any atom is 0.149 e. The molecule has 0 aliphatic rings. The number of aryl methyl sites for hydroxylation is 1. The fourth-order valence-electron chi connectivity index (χ4n) is 8.39. The van der Waals surface area contributed by atoms with Crippen LogP contribution in [0.3, 0.4) is 0 Å². The van der Waals surface area contributed by atoms with Crippen LogP contribution in [0.25, 0.3) is 72.7 Å². The number of imidazole rings is 1. The summed E-state index contributed by atoms with van der Waals surface area (Å²) in [5, 5.41) is 12.1. The van der Waals surface area contributed by atoms with Gasteiger partial charge in [-0.25, -0.2) is 4.98 Å². The van der Waals surface area contributed by atoms with Gasteiger partial charge in [-0.1, -0.05) is 168 Å². The lowest BCUT2D eigenvalue weighted by Gasteiger charge is -2.26. The molecule has 2 aromatic heterocycles. The largest absolute Gasteiger partial charge is 0.507 e. The van der Waals surface area contributed by atoms with Crippen molar-refractivity contribution in [2.24, 2.45) is 0 Å². The van der Waals surface area contributed by atoms with E-state index in [9.17, 15) is 5.11 Å². The second kappa shape index (κ2) is 16.4. The molecule has 4 heteroatoms. The number of fused-ring (bicyclic) bond motifs is 1. The normalized spacial score (nSPS) is 15.2. The van der Waals surface area contributed by atoms with Gasteiger partial charge in [0.1, 0.15) is 11.6 Å². The number of para-hydroxylation sites is 1. The Morgan fingerprint density at radius 1 is 0.547 bits per heavy atom. The van der Waals surface area contributed by atoms with Gasteiger partial charge in [0.05, 0.1) is 28.0 Å². The smallest absolute Gasteiger partial charge is 0.149 e.